The molecule has 1 amide bonds. The first-order valence-electron chi connectivity index (χ1n) is 9.72. The maximum Gasteiger partial charge on any atom is 0.338 e. The molecule has 0 aliphatic carbocycles. The number of benzene rings is 3. The van der Waals surface area contributed by atoms with E-state index < -0.39 is 28.5 Å². The van der Waals surface area contributed by atoms with Gasteiger partial charge in [-0.05, 0) is 42.0 Å². The van der Waals surface area contributed by atoms with Crippen molar-refractivity contribution in [3.05, 3.63) is 88.9 Å². The molecule has 3 aromatic carbocycles. The summed E-state index contributed by atoms with van der Waals surface area (Å²) in [6.07, 6.45) is 0. The highest BCUT2D eigenvalue weighted by Gasteiger charge is 2.17. The van der Waals surface area contributed by atoms with Gasteiger partial charge in [-0.1, -0.05) is 48.0 Å². The van der Waals surface area contributed by atoms with Gasteiger partial charge in [0.25, 0.3) is 5.91 Å². The number of anilines is 1. The summed E-state index contributed by atoms with van der Waals surface area (Å²) < 4.78 is 37.7. The number of carbonyl (C=O) groups excluding carboxylic acids is 2. The molecule has 2 N–H and O–H groups in total. The molecule has 0 fully saturated rings. The van der Waals surface area contributed by atoms with E-state index in [2.05, 4.69) is 10.0 Å². The monoisotopic (exact) mass is 488 g/mol. The Morgan fingerprint density at radius 1 is 0.970 bits per heavy atom. The number of halogens is 1. The molecule has 0 saturated carbocycles. The number of hydrogen-bond acceptors (Lipinski definition) is 6. The van der Waals surface area contributed by atoms with Crippen molar-refractivity contribution in [1.29, 1.82) is 0 Å². The lowest BCUT2D eigenvalue weighted by Crippen LogP contribution is -2.24. The van der Waals surface area contributed by atoms with Crippen molar-refractivity contribution in [2.45, 2.75) is 11.4 Å². The third-order valence-corrected chi connectivity index (χ3v) is 6.15. The van der Waals surface area contributed by atoms with Gasteiger partial charge in [0, 0.05) is 12.2 Å². The van der Waals surface area contributed by atoms with E-state index in [0.717, 1.165) is 5.56 Å². The molecule has 0 aliphatic rings. The molecule has 3 rings (SSSR count). The Hall–Kier alpha value is -3.40. The highest BCUT2D eigenvalue weighted by atomic mass is 35.5. The fraction of sp³-hybridized carbons (Fsp3) is 0.130. The normalized spacial score (nSPS) is 11.0. The van der Waals surface area contributed by atoms with Crippen LogP contribution >= 0.6 is 11.6 Å². The van der Waals surface area contributed by atoms with E-state index in [4.69, 9.17) is 21.1 Å². The lowest BCUT2D eigenvalue weighted by Gasteiger charge is -2.10. The summed E-state index contributed by atoms with van der Waals surface area (Å²) in [5.41, 5.74) is 1.19. The Labute approximate surface area is 196 Å². The van der Waals surface area contributed by atoms with E-state index in [1.807, 2.05) is 6.07 Å². The molecule has 3 aromatic rings. The smallest absolute Gasteiger partial charge is 0.338 e. The van der Waals surface area contributed by atoms with Crippen molar-refractivity contribution < 1.29 is 27.5 Å². The van der Waals surface area contributed by atoms with Gasteiger partial charge in [0.1, 0.15) is 5.75 Å². The number of ether oxygens (including phenoxy) is 2. The van der Waals surface area contributed by atoms with Crippen molar-refractivity contribution in [2.75, 3.05) is 19.0 Å². The standard InChI is InChI=1S/C23H21ClN2O6S/c1-31-21-11-10-18(13-20(21)24)26-22(27)15-32-23(28)17-8-5-9-19(12-17)33(29,30)25-14-16-6-3-2-4-7-16/h2-13,25H,14-15H2,1H3,(H,26,27). The number of carbonyl (C=O) groups is 2. The molecule has 0 heterocycles. The second-order valence-corrected chi connectivity index (χ2v) is 8.99. The Bertz CT molecular complexity index is 1250. The van der Waals surface area contributed by atoms with Crippen molar-refractivity contribution >= 4 is 39.2 Å². The van der Waals surface area contributed by atoms with Crippen LogP contribution in [-0.4, -0.2) is 34.0 Å². The van der Waals surface area contributed by atoms with E-state index >= 15 is 0 Å². The zero-order valence-electron chi connectivity index (χ0n) is 17.6. The van der Waals surface area contributed by atoms with Gasteiger partial charge in [-0.2, -0.15) is 0 Å². The minimum absolute atomic E-state index is 0.00196. The van der Waals surface area contributed by atoms with Crippen LogP contribution in [0.25, 0.3) is 0 Å². The molecule has 0 aliphatic heterocycles. The highest BCUT2D eigenvalue weighted by Crippen LogP contribution is 2.27. The third-order valence-electron chi connectivity index (χ3n) is 4.46. The lowest BCUT2D eigenvalue weighted by atomic mass is 10.2. The van der Waals surface area contributed by atoms with Crippen LogP contribution in [-0.2, 0) is 26.1 Å². The minimum atomic E-state index is -3.86. The average Bonchev–Trinajstić information content (AvgIpc) is 2.82. The number of rotatable bonds is 9. The van der Waals surface area contributed by atoms with Gasteiger partial charge in [0.2, 0.25) is 10.0 Å². The van der Waals surface area contributed by atoms with Crippen LogP contribution in [0, 0.1) is 0 Å². The quantitative estimate of drug-likeness (QED) is 0.445. The zero-order valence-corrected chi connectivity index (χ0v) is 19.2. The van der Waals surface area contributed by atoms with E-state index in [0.29, 0.717) is 16.5 Å². The number of amides is 1. The summed E-state index contributed by atoms with van der Waals surface area (Å²) in [7, 11) is -2.39. The maximum absolute atomic E-state index is 12.6. The Morgan fingerprint density at radius 2 is 1.73 bits per heavy atom. The molecule has 0 unspecified atom stereocenters. The summed E-state index contributed by atoms with van der Waals surface area (Å²) in [5.74, 6) is -0.968. The molecule has 0 saturated heterocycles. The zero-order chi connectivity index (χ0) is 23.8. The Kier molecular flexibility index (Phi) is 8.05. The van der Waals surface area contributed by atoms with Crippen molar-refractivity contribution in [2.24, 2.45) is 0 Å². The number of esters is 1. The summed E-state index contributed by atoms with van der Waals surface area (Å²) in [6, 6.07) is 19.1. The third kappa shape index (κ3) is 6.79. The van der Waals surface area contributed by atoms with E-state index in [-0.39, 0.29) is 17.0 Å². The van der Waals surface area contributed by atoms with Gasteiger partial charge in [-0.15, -0.1) is 0 Å². The van der Waals surface area contributed by atoms with E-state index in [1.54, 1.807) is 36.4 Å². The van der Waals surface area contributed by atoms with Crippen LogP contribution in [0.5, 0.6) is 5.75 Å². The van der Waals surface area contributed by atoms with Gasteiger partial charge < -0.3 is 14.8 Å². The van der Waals surface area contributed by atoms with E-state index in [9.17, 15) is 18.0 Å². The predicted molar refractivity (Wildman–Crippen MR) is 124 cm³/mol. The molecule has 0 radical (unpaired) electrons. The van der Waals surface area contributed by atoms with Crippen LogP contribution in [0.1, 0.15) is 15.9 Å². The topological polar surface area (TPSA) is 111 Å². The van der Waals surface area contributed by atoms with Crippen LogP contribution < -0.4 is 14.8 Å². The van der Waals surface area contributed by atoms with E-state index in [1.165, 1.54) is 37.4 Å². The molecule has 33 heavy (non-hydrogen) atoms. The van der Waals surface area contributed by atoms with Crippen LogP contribution in [0.3, 0.4) is 0 Å². The fourth-order valence-electron chi connectivity index (χ4n) is 2.80. The lowest BCUT2D eigenvalue weighted by molar-refractivity contribution is -0.119. The molecular weight excluding hydrogens is 468 g/mol. The summed E-state index contributed by atoms with van der Waals surface area (Å²) in [5, 5.41) is 2.86. The second-order valence-electron chi connectivity index (χ2n) is 6.81. The summed E-state index contributed by atoms with van der Waals surface area (Å²) >= 11 is 6.01. The molecule has 0 bridgehead atoms. The SMILES string of the molecule is COc1ccc(NC(=O)COC(=O)c2cccc(S(=O)(=O)NCc3ccccc3)c2)cc1Cl. The van der Waals surface area contributed by atoms with Gasteiger partial charge in [0.05, 0.1) is 22.6 Å². The molecule has 8 nitrogen and oxygen atoms in total. The summed E-state index contributed by atoms with van der Waals surface area (Å²) in [6.45, 7) is -0.459. The van der Waals surface area contributed by atoms with Crippen molar-refractivity contribution in [3.63, 3.8) is 0 Å². The number of methoxy groups -OCH3 is 1. The largest absolute Gasteiger partial charge is 0.495 e. The Morgan fingerprint density at radius 3 is 2.42 bits per heavy atom. The molecule has 0 atom stereocenters. The van der Waals surface area contributed by atoms with Crippen molar-refractivity contribution in [3.8, 4) is 5.75 Å². The molecule has 0 spiro atoms. The van der Waals surface area contributed by atoms with Gasteiger partial charge in [-0.25, -0.2) is 17.9 Å². The summed E-state index contributed by atoms with van der Waals surface area (Å²) in [4.78, 5) is 24.3. The molecular formula is C23H21ClN2O6S. The number of sulfonamides is 1. The highest BCUT2D eigenvalue weighted by molar-refractivity contribution is 7.89. The van der Waals surface area contributed by atoms with Crippen molar-refractivity contribution in [1.82, 2.24) is 4.72 Å². The van der Waals surface area contributed by atoms with Crippen LogP contribution in [0.2, 0.25) is 5.02 Å². The Balaban J connectivity index is 1.58. The first kappa shape index (κ1) is 24.2. The molecule has 0 aromatic heterocycles. The molecule has 10 heteroatoms. The molecule has 172 valence electrons. The number of hydrogen-bond donors (Lipinski definition) is 2. The first-order chi connectivity index (χ1) is 15.8. The first-order valence-corrected chi connectivity index (χ1v) is 11.6. The van der Waals surface area contributed by atoms with Gasteiger partial charge in [0.15, 0.2) is 6.61 Å². The van der Waals surface area contributed by atoms with Gasteiger partial charge in [-0.3, -0.25) is 4.79 Å². The number of nitrogens with one attached hydrogen (secondary N) is 2. The average molecular weight is 489 g/mol. The van der Waals surface area contributed by atoms with Crippen LogP contribution in [0.4, 0.5) is 5.69 Å². The maximum atomic E-state index is 12.6. The van der Waals surface area contributed by atoms with Gasteiger partial charge >= 0.3 is 5.97 Å². The second kappa shape index (κ2) is 11.0. The fourth-order valence-corrected chi connectivity index (χ4v) is 4.12. The minimum Gasteiger partial charge on any atom is -0.495 e. The predicted octanol–water partition coefficient (Wildman–Crippen LogP) is 3.62. The van der Waals surface area contributed by atoms with Crippen LogP contribution in [0.15, 0.2) is 77.7 Å².